The largest absolute Gasteiger partial charge is 0.497 e. The van der Waals surface area contributed by atoms with Crippen molar-refractivity contribution in [3.8, 4) is 50.5 Å². The summed E-state index contributed by atoms with van der Waals surface area (Å²) in [5, 5.41) is 6.58. The molecule has 4 aromatic heterocycles. The Morgan fingerprint density at radius 1 is 0.530 bits per heavy atom. The molecule has 0 aliphatic carbocycles. The molecule has 0 atom stereocenters. The van der Waals surface area contributed by atoms with Crippen molar-refractivity contribution in [3.63, 3.8) is 0 Å². The number of ether oxygens (including phenoxy) is 1. The zero-order valence-electron chi connectivity index (χ0n) is 36.8. The van der Waals surface area contributed by atoms with Gasteiger partial charge < -0.3 is 15.4 Å². The molecule has 0 unspecified atom stereocenters. The van der Waals surface area contributed by atoms with Gasteiger partial charge in [0.1, 0.15) is 5.75 Å². The van der Waals surface area contributed by atoms with Gasteiger partial charge in [0, 0.05) is 63.1 Å². The highest BCUT2D eigenvalue weighted by molar-refractivity contribution is 5.82. The van der Waals surface area contributed by atoms with E-state index in [-0.39, 0.29) is 16.7 Å². The summed E-state index contributed by atoms with van der Waals surface area (Å²) in [6.07, 6.45) is 5.74. The smallest absolute Gasteiger partial charge is 0.416 e. The third-order valence-corrected chi connectivity index (χ3v) is 10.9. The van der Waals surface area contributed by atoms with E-state index >= 15 is 0 Å². The number of nitrogens with zero attached hydrogens (tertiary/aromatic N) is 6. The summed E-state index contributed by atoms with van der Waals surface area (Å²) < 4.78 is 47.3. The Kier molecular flexibility index (Phi) is 15.1. The number of alkyl halides is 3. The average Bonchev–Trinajstić information content (AvgIpc) is 3.35. The second kappa shape index (κ2) is 21.7. The van der Waals surface area contributed by atoms with Gasteiger partial charge in [-0.25, -0.2) is 9.97 Å². The predicted molar refractivity (Wildman–Crippen MR) is 254 cm³/mol. The van der Waals surface area contributed by atoms with Crippen molar-refractivity contribution in [3.05, 3.63) is 196 Å². The molecule has 0 saturated carbocycles. The van der Waals surface area contributed by atoms with Crippen LogP contribution in [0.15, 0.2) is 168 Å². The molecular weight excluding hydrogens is 842 g/mol. The lowest BCUT2D eigenvalue weighted by atomic mass is 10.00. The first-order chi connectivity index (χ1) is 32.0. The van der Waals surface area contributed by atoms with Crippen LogP contribution in [0.3, 0.4) is 0 Å². The fraction of sp³-hybridized carbons (Fsp3) is 0.192. The van der Waals surface area contributed by atoms with Crippen LogP contribution in [0.25, 0.3) is 44.8 Å². The molecule has 4 heterocycles. The second-order valence-electron chi connectivity index (χ2n) is 15.4. The molecule has 0 bridgehead atoms. The van der Waals surface area contributed by atoms with E-state index in [1.807, 2.05) is 72.8 Å². The van der Waals surface area contributed by atoms with Crippen LogP contribution in [0.5, 0.6) is 5.75 Å². The lowest BCUT2D eigenvalue weighted by molar-refractivity contribution is -0.137. The fourth-order valence-corrected chi connectivity index (χ4v) is 7.34. The van der Waals surface area contributed by atoms with Crippen LogP contribution in [0.2, 0.25) is 0 Å². The standard InChI is InChI=1S/C26H23F3N4O.C26H26N4O2/c1-33-24(34)22(19-9-11-21(12-10-19)26(27,28)29)23(20-13-16-30-17-14-20)32-25(33)31-15-5-8-18-6-3-2-4-7-18;1-30-25(31)23(20-10-12-22(32-2)13-11-20)24(21-14-17-27-18-15-21)29-26(30)28-16-6-9-19-7-4-3-5-8-19/h2-4,6-7,9-14,16-17H,5,8,15H2,1H3,(H,31,32);3-5,7-8,10-15,17-18H,6,9,16H2,1-2H3,(H,28,29). The van der Waals surface area contributed by atoms with Crippen LogP contribution in [0, 0.1) is 0 Å². The quantitative estimate of drug-likeness (QED) is 0.0967. The predicted octanol–water partition coefficient (Wildman–Crippen LogP) is 10.1. The first-order valence-electron chi connectivity index (χ1n) is 21.4. The summed E-state index contributed by atoms with van der Waals surface area (Å²) in [6.45, 7) is 1.32. The molecule has 0 radical (unpaired) electrons. The van der Waals surface area contributed by atoms with Gasteiger partial charge in [-0.3, -0.25) is 28.7 Å². The summed E-state index contributed by atoms with van der Waals surface area (Å²) in [7, 11) is 4.97. The number of rotatable bonds is 15. The molecule has 14 heteroatoms. The van der Waals surface area contributed by atoms with Crippen LogP contribution < -0.4 is 26.5 Å². The van der Waals surface area contributed by atoms with Crippen molar-refractivity contribution in [2.45, 2.75) is 31.9 Å². The zero-order chi connectivity index (χ0) is 46.5. The zero-order valence-corrected chi connectivity index (χ0v) is 36.8. The highest BCUT2D eigenvalue weighted by Crippen LogP contribution is 2.34. The van der Waals surface area contributed by atoms with E-state index in [1.165, 1.54) is 27.8 Å². The Labute approximate surface area is 380 Å². The molecule has 0 aliphatic rings. The number of hydrogen-bond donors (Lipinski definition) is 2. The number of halogens is 3. The second-order valence-corrected chi connectivity index (χ2v) is 15.4. The highest BCUT2D eigenvalue weighted by Gasteiger charge is 2.30. The molecule has 8 rings (SSSR count). The molecule has 66 heavy (non-hydrogen) atoms. The molecule has 4 aromatic carbocycles. The minimum absolute atomic E-state index is 0.109. The first kappa shape index (κ1) is 46.1. The monoisotopic (exact) mass is 890 g/mol. The van der Waals surface area contributed by atoms with Crippen molar-refractivity contribution < 1.29 is 17.9 Å². The molecule has 0 saturated heterocycles. The SMILES string of the molecule is COc1ccc(-c2c(-c3ccncc3)nc(NCCCc3ccccc3)n(C)c2=O)cc1.Cn1c(NCCCc2ccccc2)nc(-c2ccncc2)c(-c2ccc(C(F)(F)F)cc2)c1=O. The van der Waals surface area contributed by atoms with E-state index in [9.17, 15) is 22.8 Å². The molecule has 0 fully saturated rings. The van der Waals surface area contributed by atoms with Gasteiger partial charge >= 0.3 is 6.18 Å². The van der Waals surface area contributed by atoms with Crippen molar-refractivity contribution in [2.75, 3.05) is 30.8 Å². The van der Waals surface area contributed by atoms with Crippen molar-refractivity contribution >= 4 is 11.9 Å². The molecular formula is C52H49F3N8O3. The fourth-order valence-electron chi connectivity index (χ4n) is 7.34. The van der Waals surface area contributed by atoms with E-state index in [2.05, 4.69) is 44.9 Å². The van der Waals surface area contributed by atoms with Gasteiger partial charge in [0.25, 0.3) is 11.1 Å². The Bertz CT molecular complexity index is 2930. The first-order valence-corrected chi connectivity index (χ1v) is 21.4. The van der Waals surface area contributed by atoms with Gasteiger partial charge in [-0.15, -0.1) is 0 Å². The summed E-state index contributed by atoms with van der Waals surface area (Å²) in [4.78, 5) is 44.5. The number of hydrogen-bond acceptors (Lipinski definition) is 9. The van der Waals surface area contributed by atoms with E-state index in [0.717, 1.165) is 54.7 Å². The minimum atomic E-state index is -4.46. The van der Waals surface area contributed by atoms with Gasteiger partial charge in [-0.2, -0.15) is 13.2 Å². The minimum Gasteiger partial charge on any atom is -0.497 e. The maximum atomic E-state index is 13.4. The number of pyridine rings is 2. The number of aryl methyl sites for hydroxylation is 2. The summed E-state index contributed by atoms with van der Waals surface area (Å²) in [5.41, 5.74) is 5.73. The average molecular weight is 891 g/mol. The molecule has 11 nitrogen and oxygen atoms in total. The van der Waals surface area contributed by atoms with Gasteiger partial charge in [0.2, 0.25) is 11.9 Å². The Balaban J connectivity index is 0.000000197. The van der Waals surface area contributed by atoms with Gasteiger partial charge in [-0.05, 0) is 96.5 Å². The van der Waals surface area contributed by atoms with Crippen molar-refractivity contribution in [1.82, 2.24) is 29.1 Å². The lowest BCUT2D eigenvalue weighted by Gasteiger charge is -2.16. The number of anilines is 2. The number of nitrogens with one attached hydrogen (secondary N) is 2. The third kappa shape index (κ3) is 11.4. The van der Waals surface area contributed by atoms with Crippen LogP contribution >= 0.6 is 0 Å². The van der Waals surface area contributed by atoms with Gasteiger partial charge in [0.05, 0.1) is 35.2 Å². The van der Waals surface area contributed by atoms with E-state index in [4.69, 9.17) is 14.7 Å². The van der Waals surface area contributed by atoms with E-state index in [0.29, 0.717) is 53.1 Å². The highest BCUT2D eigenvalue weighted by atomic mass is 19.4. The number of aromatic nitrogens is 6. The molecule has 0 amide bonds. The van der Waals surface area contributed by atoms with Crippen LogP contribution in [0.1, 0.15) is 29.5 Å². The molecule has 336 valence electrons. The Morgan fingerprint density at radius 3 is 1.30 bits per heavy atom. The maximum Gasteiger partial charge on any atom is 0.416 e. The van der Waals surface area contributed by atoms with Crippen molar-refractivity contribution in [2.24, 2.45) is 14.1 Å². The van der Waals surface area contributed by atoms with E-state index < -0.39 is 11.7 Å². The van der Waals surface area contributed by atoms with Gasteiger partial charge in [0.15, 0.2) is 0 Å². The maximum absolute atomic E-state index is 13.4. The summed E-state index contributed by atoms with van der Waals surface area (Å²) in [6, 6.07) is 39.6. The van der Waals surface area contributed by atoms with Crippen LogP contribution in [-0.4, -0.2) is 49.3 Å². The normalized spacial score (nSPS) is 11.1. The third-order valence-electron chi connectivity index (χ3n) is 10.9. The van der Waals surface area contributed by atoms with Crippen LogP contribution in [0.4, 0.5) is 25.1 Å². The summed E-state index contributed by atoms with van der Waals surface area (Å²) >= 11 is 0. The molecule has 0 spiro atoms. The van der Waals surface area contributed by atoms with Gasteiger partial charge in [-0.1, -0.05) is 84.9 Å². The Morgan fingerprint density at radius 2 is 0.924 bits per heavy atom. The van der Waals surface area contributed by atoms with Crippen molar-refractivity contribution in [1.29, 1.82) is 0 Å². The summed E-state index contributed by atoms with van der Waals surface area (Å²) in [5.74, 6) is 1.67. The van der Waals surface area contributed by atoms with E-state index in [1.54, 1.807) is 62.7 Å². The number of methoxy groups -OCH3 is 1. The molecule has 2 N–H and O–H groups in total. The molecule has 0 aliphatic heterocycles. The molecule has 8 aromatic rings. The topological polar surface area (TPSA) is 129 Å². The van der Waals surface area contributed by atoms with Crippen LogP contribution in [-0.2, 0) is 33.1 Å². The lowest BCUT2D eigenvalue weighted by Crippen LogP contribution is -2.25. The Hall–Kier alpha value is -7.87. The number of benzene rings is 4.